The Labute approximate surface area is 107 Å². The smallest absolute Gasteiger partial charge is 0.303 e. The van der Waals surface area contributed by atoms with Crippen molar-refractivity contribution in [2.24, 2.45) is 5.92 Å². The summed E-state index contributed by atoms with van der Waals surface area (Å²) < 4.78 is 5.20. The number of methoxy groups -OCH3 is 1. The lowest BCUT2D eigenvalue weighted by molar-refractivity contribution is -0.138. The number of ether oxygens (including phenoxy) is 1. The number of aliphatic carboxylic acids is 1. The van der Waals surface area contributed by atoms with Crippen molar-refractivity contribution in [1.29, 1.82) is 0 Å². The SMILES string of the molecule is COc1cccc(CN2CCC(CC(=O)O)C2)c1. The van der Waals surface area contributed by atoms with Gasteiger partial charge in [-0.05, 0) is 36.6 Å². The Morgan fingerprint density at radius 1 is 1.56 bits per heavy atom. The third kappa shape index (κ3) is 3.47. The number of carboxylic acids is 1. The summed E-state index contributed by atoms with van der Waals surface area (Å²) in [5, 5.41) is 8.78. The second-order valence-electron chi connectivity index (χ2n) is 4.84. The predicted molar refractivity (Wildman–Crippen MR) is 68.6 cm³/mol. The highest BCUT2D eigenvalue weighted by molar-refractivity contribution is 5.67. The van der Waals surface area contributed by atoms with Crippen LogP contribution in [0, 0.1) is 5.92 Å². The van der Waals surface area contributed by atoms with Gasteiger partial charge < -0.3 is 9.84 Å². The molecular weight excluding hydrogens is 230 g/mol. The van der Waals surface area contributed by atoms with E-state index in [0.29, 0.717) is 5.92 Å². The van der Waals surface area contributed by atoms with Gasteiger partial charge in [-0.15, -0.1) is 0 Å². The van der Waals surface area contributed by atoms with Gasteiger partial charge in [0.1, 0.15) is 5.75 Å². The van der Waals surface area contributed by atoms with Crippen LogP contribution in [0.2, 0.25) is 0 Å². The largest absolute Gasteiger partial charge is 0.497 e. The molecule has 4 heteroatoms. The summed E-state index contributed by atoms with van der Waals surface area (Å²) in [6.45, 7) is 2.73. The Balaban J connectivity index is 1.88. The molecule has 1 heterocycles. The molecule has 0 bridgehead atoms. The summed E-state index contributed by atoms with van der Waals surface area (Å²) in [6, 6.07) is 8.03. The van der Waals surface area contributed by atoms with Gasteiger partial charge in [0.25, 0.3) is 0 Å². The van der Waals surface area contributed by atoms with Crippen LogP contribution < -0.4 is 4.74 Å². The van der Waals surface area contributed by atoms with Gasteiger partial charge in [-0.1, -0.05) is 12.1 Å². The summed E-state index contributed by atoms with van der Waals surface area (Å²) in [4.78, 5) is 13.0. The number of benzene rings is 1. The van der Waals surface area contributed by atoms with E-state index in [1.54, 1.807) is 7.11 Å². The molecule has 0 aromatic heterocycles. The molecular formula is C14H19NO3. The molecule has 0 amide bonds. The molecule has 2 rings (SSSR count). The minimum atomic E-state index is -0.691. The number of carbonyl (C=O) groups is 1. The third-order valence-corrected chi connectivity index (χ3v) is 3.37. The second kappa shape index (κ2) is 5.87. The molecule has 4 nitrogen and oxygen atoms in total. The number of nitrogens with zero attached hydrogens (tertiary/aromatic N) is 1. The van der Waals surface area contributed by atoms with Crippen molar-refractivity contribution in [3.8, 4) is 5.75 Å². The molecule has 1 N–H and O–H groups in total. The highest BCUT2D eigenvalue weighted by Crippen LogP contribution is 2.22. The number of rotatable bonds is 5. The summed E-state index contributed by atoms with van der Waals surface area (Å²) in [6.07, 6.45) is 1.27. The average molecular weight is 249 g/mol. The molecule has 1 aromatic rings. The van der Waals surface area contributed by atoms with E-state index < -0.39 is 5.97 Å². The summed E-state index contributed by atoms with van der Waals surface area (Å²) in [5.74, 6) is 0.477. The van der Waals surface area contributed by atoms with E-state index in [1.807, 2.05) is 18.2 Å². The van der Waals surface area contributed by atoms with Crippen LogP contribution in [0.5, 0.6) is 5.75 Å². The van der Waals surface area contributed by atoms with Gasteiger partial charge >= 0.3 is 5.97 Å². The average Bonchev–Trinajstić information content (AvgIpc) is 2.76. The van der Waals surface area contributed by atoms with E-state index in [4.69, 9.17) is 9.84 Å². The first-order valence-electron chi connectivity index (χ1n) is 6.24. The Bertz CT molecular complexity index is 419. The fraction of sp³-hybridized carbons (Fsp3) is 0.500. The lowest BCUT2D eigenvalue weighted by Gasteiger charge is -2.16. The molecule has 1 saturated heterocycles. The normalized spacial score (nSPS) is 19.9. The lowest BCUT2D eigenvalue weighted by Crippen LogP contribution is -2.20. The number of likely N-dealkylation sites (tertiary alicyclic amines) is 1. The lowest BCUT2D eigenvalue weighted by atomic mass is 10.1. The van der Waals surface area contributed by atoms with Crippen LogP contribution in [0.4, 0.5) is 0 Å². The van der Waals surface area contributed by atoms with Crippen LogP contribution >= 0.6 is 0 Å². The van der Waals surface area contributed by atoms with Crippen molar-refractivity contribution in [1.82, 2.24) is 4.90 Å². The molecule has 1 aliphatic rings. The van der Waals surface area contributed by atoms with E-state index in [0.717, 1.165) is 31.8 Å². The third-order valence-electron chi connectivity index (χ3n) is 3.37. The molecule has 0 spiro atoms. The molecule has 98 valence electrons. The minimum Gasteiger partial charge on any atom is -0.497 e. The maximum atomic E-state index is 10.7. The van der Waals surface area contributed by atoms with Gasteiger partial charge in [-0.2, -0.15) is 0 Å². The van der Waals surface area contributed by atoms with Crippen molar-refractivity contribution in [2.45, 2.75) is 19.4 Å². The van der Waals surface area contributed by atoms with Crippen LogP contribution in [0.15, 0.2) is 24.3 Å². The molecule has 0 radical (unpaired) electrons. The van der Waals surface area contributed by atoms with Crippen LogP contribution in [0.1, 0.15) is 18.4 Å². The summed E-state index contributed by atoms with van der Waals surface area (Å²) >= 11 is 0. The van der Waals surface area contributed by atoms with Crippen molar-refractivity contribution < 1.29 is 14.6 Å². The van der Waals surface area contributed by atoms with Gasteiger partial charge in [0, 0.05) is 19.5 Å². The standard InChI is InChI=1S/C14H19NO3/c1-18-13-4-2-3-11(7-13)9-15-6-5-12(10-15)8-14(16)17/h2-4,7,12H,5-6,8-10H2,1H3,(H,16,17). The van der Waals surface area contributed by atoms with E-state index >= 15 is 0 Å². The maximum absolute atomic E-state index is 10.7. The molecule has 1 aromatic carbocycles. The van der Waals surface area contributed by atoms with Gasteiger partial charge in [-0.3, -0.25) is 9.69 Å². The van der Waals surface area contributed by atoms with Crippen LogP contribution in [-0.4, -0.2) is 36.2 Å². The first-order valence-corrected chi connectivity index (χ1v) is 6.24. The summed E-state index contributed by atoms with van der Waals surface area (Å²) in [7, 11) is 1.66. The number of hydrogen-bond acceptors (Lipinski definition) is 3. The Kier molecular flexibility index (Phi) is 4.20. The highest BCUT2D eigenvalue weighted by atomic mass is 16.5. The zero-order valence-corrected chi connectivity index (χ0v) is 10.6. The zero-order valence-electron chi connectivity index (χ0n) is 10.6. The number of hydrogen-bond donors (Lipinski definition) is 1. The Hall–Kier alpha value is -1.55. The number of carboxylic acid groups (broad SMARTS) is 1. The fourth-order valence-electron chi connectivity index (χ4n) is 2.50. The van der Waals surface area contributed by atoms with Crippen molar-refractivity contribution in [3.05, 3.63) is 29.8 Å². The molecule has 1 fully saturated rings. The predicted octanol–water partition coefficient (Wildman–Crippen LogP) is 1.99. The van der Waals surface area contributed by atoms with E-state index in [2.05, 4.69) is 11.0 Å². The second-order valence-corrected chi connectivity index (χ2v) is 4.84. The van der Waals surface area contributed by atoms with Gasteiger partial charge in [0.05, 0.1) is 7.11 Å². The van der Waals surface area contributed by atoms with E-state index in [1.165, 1.54) is 5.56 Å². The molecule has 18 heavy (non-hydrogen) atoms. The van der Waals surface area contributed by atoms with Crippen molar-refractivity contribution in [3.63, 3.8) is 0 Å². The molecule has 1 atom stereocenters. The fourth-order valence-corrected chi connectivity index (χ4v) is 2.50. The van der Waals surface area contributed by atoms with Gasteiger partial charge in [0.15, 0.2) is 0 Å². The summed E-state index contributed by atoms with van der Waals surface area (Å²) in [5.41, 5.74) is 1.21. The topological polar surface area (TPSA) is 49.8 Å². The van der Waals surface area contributed by atoms with E-state index in [-0.39, 0.29) is 6.42 Å². The monoisotopic (exact) mass is 249 g/mol. The Morgan fingerprint density at radius 3 is 3.11 bits per heavy atom. The van der Waals surface area contributed by atoms with Gasteiger partial charge in [-0.25, -0.2) is 0 Å². The van der Waals surface area contributed by atoms with Gasteiger partial charge in [0.2, 0.25) is 0 Å². The zero-order chi connectivity index (χ0) is 13.0. The van der Waals surface area contributed by atoms with E-state index in [9.17, 15) is 4.79 Å². The molecule has 0 aliphatic carbocycles. The maximum Gasteiger partial charge on any atom is 0.303 e. The molecule has 1 aliphatic heterocycles. The van der Waals surface area contributed by atoms with Crippen LogP contribution in [0.25, 0.3) is 0 Å². The molecule has 1 unspecified atom stereocenters. The first kappa shape index (κ1) is 12.9. The minimum absolute atomic E-state index is 0.286. The molecule has 0 saturated carbocycles. The Morgan fingerprint density at radius 2 is 2.39 bits per heavy atom. The van der Waals surface area contributed by atoms with Crippen molar-refractivity contribution in [2.75, 3.05) is 20.2 Å². The first-order chi connectivity index (χ1) is 8.67. The highest BCUT2D eigenvalue weighted by Gasteiger charge is 2.24. The van der Waals surface area contributed by atoms with Crippen LogP contribution in [-0.2, 0) is 11.3 Å². The van der Waals surface area contributed by atoms with Crippen molar-refractivity contribution >= 4 is 5.97 Å². The quantitative estimate of drug-likeness (QED) is 0.867. The van der Waals surface area contributed by atoms with Crippen LogP contribution in [0.3, 0.4) is 0 Å².